The van der Waals surface area contributed by atoms with E-state index in [9.17, 15) is 9.59 Å². The number of amides is 2. The van der Waals surface area contributed by atoms with Crippen LogP contribution in [-0.4, -0.2) is 29.4 Å². The van der Waals surface area contributed by atoms with Crippen LogP contribution in [0.2, 0.25) is 0 Å². The molecule has 2 fully saturated rings. The Hall–Kier alpha value is -2.46. The molecule has 2 aromatic rings. The number of fused-ring (bicyclic) bond motifs is 1. The van der Waals surface area contributed by atoms with E-state index in [0.29, 0.717) is 18.7 Å². The lowest BCUT2D eigenvalue weighted by atomic mass is 9.86. The second-order valence-corrected chi connectivity index (χ2v) is 7.13. The summed E-state index contributed by atoms with van der Waals surface area (Å²) in [7, 11) is 0. The van der Waals surface area contributed by atoms with E-state index >= 15 is 0 Å². The van der Waals surface area contributed by atoms with Crippen molar-refractivity contribution in [1.29, 1.82) is 0 Å². The first-order valence-corrected chi connectivity index (χ1v) is 9.30. The Morgan fingerprint density at radius 1 is 0.962 bits per heavy atom. The summed E-state index contributed by atoms with van der Waals surface area (Å²) < 4.78 is 6.13. The summed E-state index contributed by atoms with van der Waals surface area (Å²) in [4.78, 5) is 27.0. The van der Waals surface area contributed by atoms with Crippen LogP contribution in [0.15, 0.2) is 60.7 Å². The van der Waals surface area contributed by atoms with Crippen molar-refractivity contribution < 1.29 is 14.3 Å². The van der Waals surface area contributed by atoms with Crippen LogP contribution in [0, 0.1) is 11.8 Å². The molecular weight excluding hydrogens is 326 g/mol. The van der Waals surface area contributed by atoms with Gasteiger partial charge in [0.05, 0.1) is 12.7 Å². The molecule has 1 heterocycles. The van der Waals surface area contributed by atoms with E-state index in [1.54, 1.807) is 12.1 Å². The SMILES string of the molecule is O=C(c1ccccc1)N1CC[C@H]2[C@H](OCc3ccccc3)CC[C@H]2C1=O. The Morgan fingerprint density at radius 2 is 1.65 bits per heavy atom. The fraction of sp³-hybridized carbons (Fsp3) is 0.364. The number of piperidine rings is 1. The summed E-state index contributed by atoms with van der Waals surface area (Å²) in [6.45, 7) is 1.06. The summed E-state index contributed by atoms with van der Waals surface area (Å²) in [6.07, 6.45) is 2.63. The first-order valence-electron chi connectivity index (χ1n) is 9.30. The molecule has 3 atom stereocenters. The summed E-state index contributed by atoms with van der Waals surface area (Å²) in [5.74, 6) is -0.0631. The summed E-state index contributed by atoms with van der Waals surface area (Å²) in [5, 5.41) is 0. The second-order valence-electron chi connectivity index (χ2n) is 7.13. The fourth-order valence-electron chi connectivity index (χ4n) is 4.24. The molecule has 0 aromatic heterocycles. The topological polar surface area (TPSA) is 46.6 Å². The molecule has 1 aliphatic heterocycles. The van der Waals surface area contributed by atoms with E-state index in [2.05, 4.69) is 12.1 Å². The van der Waals surface area contributed by atoms with Gasteiger partial charge in [-0.15, -0.1) is 0 Å². The van der Waals surface area contributed by atoms with Crippen LogP contribution in [0.5, 0.6) is 0 Å². The zero-order chi connectivity index (χ0) is 17.9. The van der Waals surface area contributed by atoms with Gasteiger partial charge < -0.3 is 4.74 Å². The Kier molecular flexibility index (Phi) is 4.85. The number of imide groups is 1. The third-order valence-corrected chi connectivity index (χ3v) is 5.60. The standard InChI is InChI=1S/C22H23NO3/c24-21(17-9-5-2-6-10-17)23-14-13-18-19(22(23)25)11-12-20(18)26-15-16-7-3-1-4-8-16/h1-10,18-20H,11-15H2/t18-,19-,20-/m1/s1. The molecule has 1 aliphatic carbocycles. The van der Waals surface area contributed by atoms with Gasteiger partial charge in [0.1, 0.15) is 0 Å². The van der Waals surface area contributed by atoms with Gasteiger partial charge in [-0.2, -0.15) is 0 Å². The zero-order valence-electron chi connectivity index (χ0n) is 14.7. The number of ether oxygens (including phenoxy) is 1. The monoisotopic (exact) mass is 349 g/mol. The lowest BCUT2D eigenvalue weighted by Gasteiger charge is -2.35. The Labute approximate surface area is 153 Å². The van der Waals surface area contributed by atoms with E-state index < -0.39 is 0 Å². The van der Waals surface area contributed by atoms with E-state index in [1.165, 1.54) is 4.90 Å². The van der Waals surface area contributed by atoms with Gasteiger partial charge in [-0.25, -0.2) is 0 Å². The lowest BCUT2D eigenvalue weighted by molar-refractivity contribution is -0.139. The molecule has 26 heavy (non-hydrogen) atoms. The minimum Gasteiger partial charge on any atom is -0.373 e. The average molecular weight is 349 g/mol. The molecule has 4 heteroatoms. The van der Waals surface area contributed by atoms with Crippen LogP contribution in [0.25, 0.3) is 0 Å². The van der Waals surface area contributed by atoms with Gasteiger partial charge in [-0.05, 0) is 42.9 Å². The van der Waals surface area contributed by atoms with Gasteiger partial charge in [0.15, 0.2) is 0 Å². The molecule has 0 radical (unpaired) electrons. The van der Waals surface area contributed by atoms with Crippen molar-refractivity contribution in [3.8, 4) is 0 Å². The Bertz CT molecular complexity index is 774. The van der Waals surface area contributed by atoms with Gasteiger partial charge in [-0.1, -0.05) is 48.5 Å². The predicted octanol–water partition coefficient (Wildman–Crippen LogP) is 3.67. The average Bonchev–Trinajstić information content (AvgIpc) is 3.12. The number of likely N-dealkylation sites (tertiary alicyclic amines) is 1. The van der Waals surface area contributed by atoms with Crippen molar-refractivity contribution in [3.05, 3.63) is 71.8 Å². The van der Waals surface area contributed by atoms with Gasteiger partial charge in [0.25, 0.3) is 5.91 Å². The van der Waals surface area contributed by atoms with Crippen molar-refractivity contribution in [2.24, 2.45) is 11.8 Å². The van der Waals surface area contributed by atoms with Crippen LogP contribution < -0.4 is 0 Å². The van der Waals surface area contributed by atoms with Gasteiger partial charge in [0, 0.05) is 18.0 Å². The number of carbonyl (C=O) groups excluding carboxylic acids is 2. The van der Waals surface area contributed by atoms with Crippen LogP contribution in [0.3, 0.4) is 0 Å². The van der Waals surface area contributed by atoms with E-state index in [4.69, 9.17) is 4.74 Å². The molecule has 2 aliphatic rings. The number of nitrogens with zero attached hydrogens (tertiary/aromatic N) is 1. The fourth-order valence-corrected chi connectivity index (χ4v) is 4.24. The van der Waals surface area contributed by atoms with Crippen molar-refractivity contribution in [2.75, 3.05) is 6.54 Å². The minimum atomic E-state index is -0.178. The highest BCUT2D eigenvalue weighted by atomic mass is 16.5. The van der Waals surface area contributed by atoms with E-state index in [1.807, 2.05) is 36.4 Å². The van der Waals surface area contributed by atoms with Crippen molar-refractivity contribution >= 4 is 11.8 Å². The van der Waals surface area contributed by atoms with E-state index in [0.717, 1.165) is 24.8 Å². The second kappa shape index (κ2) is 7.42. The largest absolute Gasteiger partial charge is 0.373 e. The first-order chi connectivity index (χ1) is 12.7. The molecule has 0 spiro atoms. The minimum absolute atomic E-state index is 0.0269. The van der Waals surface area contributed by atoms with Gasteiger partial charge in [-0.3, -0.25) is 14.5 Å². The lowest BCUT2D eigenvalue weighted by Crippen LogP contribution is -2.48. The zero-order valence-corrected chi connectivity index (χ0v) is 14.7. The first kappa shape index (κ1) is 17.0. The molecule has 134 valence electrons. The molecule has 2 amide bonds. The van der Waals surface area contributed by atoms with Crippen molar-refractivity contribution in [2.45, 2.75) is 32.0 Å². The third kappa shape index (κ3) is 3.29. The Morgan fingerprint density at radius 3 is 2.38 bits per heavy atom. The number of rotatable bonds is 4. The molecule has 1 saturated heterocycles. The van der Waals surface area contributed by atoms with Crippen LogP contribution >= 0.6 is 0 Å². The number of hydrogen-bond acceptors (Lipinski definition) is 3. The quantitative estimate of drug-likeness (QED) is 0.791. The third-order valence-electron chi connectivity index (χ3n) is 5.60. The molecule has 2 aromatic carbocycles. The Balaban J connectivity index is 1.40. The highest BCUT2D eigenvalue weighted by Crippen LogP contribution is 2.41. The number of hydrogen-bond donors (Lipinski definition) is 0. The van der Waals surface area contributed by atoms with Crippen molar-refractivity contribution in [1.82, 2.24) is 4.90 Å². The smallest absolute Gasteiger partial charge is 0.260 e. The summed E-state index contributed by atoms with van der Waals surface area (Å²) in [5.41, 5.74) is 1.73. The maximum atomic E-state index is 12.9. The molecule has 0 N–H and O–H groups in total. The molecule has 4 rings (SSSR count). The highest BCUT2D eigenvalue weighted by Gasteiger charge is 2.46. The number of carbonyl (C=O) groups is 2. The van der Waals surface area contributed by atoms with Gasteiger partial charge >= 0.3 is 0 Å². The number of benzene rings is 2. The predicted molar refractivity (Wildman–Crippen MR) is 98.3 cm³/mol. The molecule has 0 unspecified atom stereocenters. The van der Waals surface area contributed by atoms with Gasteiger partial charge in [0.2, 0.25) is 5.91 Å². The van der Waals surface area contributed by atoms with Crippen LogP contribution in [0.1, 0.15) is 35.2 Å². The maximum absolute atomic E-state index is 12.9. The molecule has 0 bridgehead atoms. The molecule has 4 nitrogen and oxygen atoms in total. The molecule has 1 saturated carbocycles. The van der Waals surface area contributed by atoms with E-state index in [-0.39, 0.29) is 29.8 Å². The summed E-state index contributed by atoms with van der Waals surface area (Å²) >= 11 is 0. The normalized spacial score (nSPS) is 25.2. The highest BCUT2D eigenvalue weighted by molar-refractivity contribution is 6.05. The maximum Gasteiger partial charge on any atom is 0.260 e. The van der Waals surface area contributed by atoms with Crippen LogP contribution in [-0.2, 0) is 16.1 Å². The molecular formula is C22H23NO3. The van der Waals surface area contributed by atoms with Crippen molar-refractivity contribution in [3.63, 3.8) is 0 Å². The summed E-state index contributed by atoms with van der Waals surface area (Å²) in [6, 6.07) is 19.2. The van der Waals surface area contributed by atoms with Crippen LogP contribution in [0.4, 0.5) is 0 Å².